The zero-order chi connectivity index (χ0) is 28.8. The van der Waals surface area contributed by atoms with E-state index in [0.717, 1.165) is 53.4 Å². The lowest BCUT2D eigenvalue weighted by atomic mass is 9.91. The molecule has 0 aliphatic heterocycles. The van der Waals surface area contributed by atoms with Crippen LogP contribution in [0.25, 0.3) is 22.2 Å². The number of nitrogens with one attached hydrogen (secondary N) is 4. The number of hydrogen-bond acceptors (Lipinski definition) is 7. The highest BCUT2D eigenvalue weighted by atomic mass is 16.2. The number of fused-ring (bicyclic) bond motifs is 1. The average Bonchev–Trinajstić information content (AvgIpc) is 3.38. The van der Waals surface area contributed by atoms with Crippen molar-refractivity contribution in [2.75, 3.05) is 31.3 Å². The number of aryl methyl sites for hydroxylation is 1. The van der Waals surface area contributed by atoms with E-state index in [2.05, 4.69) is 43.0 Å². The molecule has 2 unspecified atom stereocenters. The lowest BCUT2D eigenvalue weighted by Crippen LogP contribution is -2.42. The van der Waals surface area contributed by atoms with Gasteiger partial charge in [-0.1, -0.05) is 24.3 Å². The second-order valence-electron chi connectivity index (χ2n) is 10.7. The Kier molecular flexibility index (Phi) is 8.69. The Balaban J connectivity index is 1.17. The second kappa shape index (κ2) is 12.7. The topological polar surface area (TPSA) is 128 Å². The zero-order valence-electron chi connectivity index (χ0n) is 23.6. The van der Waals surface area contributed by atoms with Crippen molar-refractivity contribution < 1.29 is 9.59 Å². The molecule has 41 heavy (non-hydrogen) atoms. The van der Waals surface area contributed by atoms with Gasteiger partial charge >= 0.3 is 0 Å². The largest absolute Gasteiger partial charge is 0.360 e. The number of benzene rings is 1. The summed E-state index contributed by atoms with van der Waals surface area (Å²) in [7, 11) is 3.86. The minimum absolute atomic E-state index is 0.00954. The lowest BCUT2D eigenvalue weighted by molar-refractivity contribution is -0.111. The molecule has 3 heterocycles. The standard InChI is InChI=1S/C31H36N8O2/c1-20-17-34-31(38-29(20)25-19-33-26-11-5-4-10-24(25)26)37-22-9-6-8-21(16-22)36-30(41)27-14-13-23(18-32-27)35-28(40)12-7-15-39(2)3/h4-5,7,10-14,17-19,21-22,33H,6,8-9,15-16H2,1-3H3,(H,35,40)(H,36,41)(H,34,37,38). The monoisotopic (exact) mass is 552 g/mol. The number of rotatable bonds is 9. The first-order valence-electron chi connectivity index (χ1n) is 13.9. The summed E-state index contributed by atoms with van der Waals surface area (Å²) in [4.78, 5) is 43.9. The molecular weight excluding hydrogens is 516 g/mol. The third-order valence-corrected chi connectivity index (χ3v) is 7.16. The molecule has 10 heteroatoms. The van der Waals surface area contributed by atoms with Crippen LogP contribution in [0.4, 0.5) is 11.6 Å². The summed E-state index contributed by atoms with van der Waals surface area (Å²) in [6.07, 6.45) is 12.2. The number of likely N-dealkylation sites (N-methyl/N-ethyl adjacent to an activating group) is 1. The molecular formula is C31H36N8O2. The highest BCUT2D eigenvalue weighted by molar-refractivity contribution is 5.99. The maximum Gasteiger partial charge on any atom is 0.270 e. The van der Waals surface area contributed by atoms with Gasteiger partial charge in [-0.15, -0.1) is 0 Å². The van der Waals surface area contributed by atoms with Gasteiger partial charge in [0.05, 0.1) is 17.6 Å². The molecule has 0 spiro atoms. The smallest absolute Gasteiger partial charge is 0.270 e. The summed E-state index contributed by atoms with van der Waals surface area (Å²) >= 11 is 0. The van der Waals surface area contributed by atoms with Crippen LogP contribution in [-0.2, 0) is 4.79 Å². The minimum atomic E-state index is -0.238. The summed E-state index contributed by atoms with van der Waals surface area (Å²) in [5.41, 5.74) is 4.88. The molecule has 10 nitrogen and oxygen atoms in total. The number of aromatic nitrogens is 4. The third kappa shape index (κ3) is 7.15. The Morgan fingerprint density at radius 2 is 1.90 bits per heavy atom. The molecule has 5 rings (SSSR count). The quantitative estimate of drug-likeness (QED) is 0.225. The van der Waals surface area contributed by atoms with Crippen molar-refractivity contribution >= 4 is 34.4 Å². The van der Waals surface area contributed by atoms with Crippen molar-refractivity contribution in [1.82, 2.24) is 30.2 Å². The van der Waals surface area contributed by atoms with E-state index in [1.165, 1.54) is 12.3 Å². The molecule has 1 saturated carbocycles. The Bertz CT molecular complexity index is 1540. The third-order valence-electron chi connectivity index (χ3n) is 7.16. The van der Waals surface area contributed by atoms with Crippen LogP contribution in [0, 0.1) is 6.92 Å². The Hall–Kier alpha value is -4.57. The number of nitrogens with zero attached hydrogens (tertiary/aromatic N) is 4. The Morgan fingerprint density at radius 3 is 2.71 bits per heavy atom. The molecule has 1 aliphatic carbocycles. The van der Waals surface area contributed by atoms with Gasteiger partial charge in [0.2, 0.25) is 11.9 Å². The molecule has 0 bridgehead atoms. The van der Waals surface area contributed by atoms with E-state index in [9.17, 15) is 9.59 Å². The summed E-state index contributed by atoms with van der Waals surface area (Å²) in [5, 5.41) is 10.5. The van der Waals surface area contributed by atoms with Gasteiger partial charge in [-0.2, -0.15) is 0 Å². The molecule has 2 atom stereocenters. The van der Waals surface area contributed by atoms with Crippen molar-refractivity contribution in [3.8, 4) is 11.3 Å². The average molecular weight is 553 g/mol. The van der Waals surface area contributed by atoms with Crippen molar-refractivity contribution in [2.45, 2.75) is 44.7 Å². The number of carbonyl (C=O) groups is 2. The van der Waals surface area contributed by atoms with Gasteiger partial charge in [-0.25, -0.2) is 15.0 Å². The minimum Gasteiger partial charge on any atom is -0.360 e. The summed E-state index contributed by atoms with van der Waals surface area (Å²) in [6.45, 7) is 2.69. The fourth-order valence-corrected chi connectivity index (χ4v) is 5.10. The number of hydrogen-bond donors (Lipinski definition) is 4. The van der Waals surface area contributed by atoms with E-state index in [1.54, 1.807) is 18.2 Å². The first-order valence-corrected chi connectivity index (χ1v) is 13.9. The fourth-order valence-electron chi connectivity index (χ4n) is 5.10. The first kappa shape index (κ1) is 28.0. The molecule has 2 amide bonds. The van der Waals surface area contributed by atoms with Crippen LogP contribution in [0.5, 0.6) is 0 Å². The molecule has 4 N–H and O–H groups in total. The zero-order valence-corrected chi connectivity index (χ0v) is 23.6. The van der Waals surface area contributed by atoms with Crippen LogP contribution in [0.2, 0.25) is 0 Å². The van der Waals surface area contributed by atoms with Crippen LogP contribution < -0.4 is 16.0 Å². The fraction of sp³-hybridized carbons (Fsp3) is 0.323. The lowest BCUT2D eigenvalue weighted by Gasteiger charge is -2.30. The summed E-state index contributed by atoms with van der Waals surface area (Å²) in [5.74, 6) is 0.119. The van der Waals surface area contributed by atoms with Crippen LogP contribution in [0.15, 0.2) is 67.1 Å². The molecule has 212 valence electrons. The number of amides is 2. The predicted molar refractivity (Wildman–Crippen MR) is 162 cm³/mol. The van der Waals surface area contributed by atoms with Gasteiger partial charge < -0.3 is 25.8 Å². The van der Waals surface area contributed by atoms with E-state index in [1.807, 2.05) is 50.4 Å². The van der Waals surface area contributed by atoms with E-state index in [0.29, 0.717) is 23.9 Å². The molecule has 0 radical (unpaired) electrons. The van der Waals surface area contributed by atoms with E-state index in [4.69, 9.17) is 4.98 Å². The SMILES string of the molecule is Cc1cnc(NC2CCCC(NC(=O)c3ccc(NC(=O)C=CCN(C)C)cn3)C2)nc1-c1c[nH]c2ccccc12. The maximum absolute atomic E-state index is 12.9. The maximum atomic E-state index is 12.9. The highest BCUT2D eigenvalue weighted by Crippen LogP contribution is 2.30. The Labute approximate surface area is 239 Å². The molecule has 1 aromatic carbocycles. The van der Waals surface area contributed by atoms with Gasteiger partial charge in [0.15, 0.2) is 0 Å². The Morgan fingerprint density at radius 1 is 1.07 bits per heavy atom. The molecule has 3 aromatic heterocycles. The van der Waals surface area contributed by atoms with Crippen molar-refractivity contribution in [3.05, 3.63) is 78.4 Å². The molecule has 1 aliphatic rings. The number of pyridine rings is 1. The van der Waals surface area contributed by atoms with E-state index in [-0.39, 0.29) is 23.9 Å². The van der Waals surface area contributed by atoms with E-state index < -0.39 is 0 Å². The number of carbonyl (C=O) groups excluding carboxylic acids is 2. The van der Waals surface area contributed by atoms with Crippen LogP contribution in [0.1, 0.15) is 41.7 Å². The summed E-state index contributed by atoms with van der Waals surface area (Å²) in [6, 6.07) is 11.6. The van der Waals surface area contributed by atoms with Gasteiger partial charge in [-0.3, -0.25) is 9.59 Å². The first-order chi connectivity index (χ1) is 19.9. The van der Waals surface area contributed by atoms with Crippen molar-refractivity contribution in [3.63, 3.8) is 0 Å². The van der Waals surface area contributed by atoms with Gasteiger partial charge in [0, 0.05) is 53.6 Å². The molecule has 4 aromatic rings. The number of H-pyrrole nitrogens is 1. The normalized spacial score (nSPS) is 17.2. The van der Waals surface area contributed by atoms with Crippen LogP contribution >= 0.6 is 0 Å². The van der Waals surface area contributed by atoms with Crippen molar-refractivity contribution in [2.24, 2.45) is 0 Å². The van der Waals surface area contributed by atoms with Gasteiger partial charge in [-0.05, 0) is 70.5 Å². The molecule has 1 fully saturated rings. The number of anilines is 2. The van der Waals surface area contributed by atoms with Crippen LogP contribution in [0.3, 0.4) is 0 Å². The second-order valence-corrected chi connectivity index (χ2v) is 10.7. The van der Waals surface area contributed by atoms with Crippen molar-refractivity contribution in [1.29, 1.82) is 0 Å². The van der Waals surface area contributed by atoms with Gasteiger partial charge in [0.25, 0.3) is 5.91 Å². The van der Waals surface area contributed by atoms with E-state index >= 15 is 0 Å². The number of para-hydroxylation sites is 1. The summed E-state index contributed by atoms with van der Waals surface area (Å²) < 4.78 is 0. The highest BCUT2D eigenvalue weighted by Gasteiger charge is 2.25. The van der Waals surface area contributed by atoms with Gasteiger partial charge in [0.1, 0.15) is 5.69 Å². The van der Waals surface area contributed by atoms with Crippen LogP contribution in [-0.4, -0.2) is 69.4 Å². The molecule has 0 saturated heterocycles. The number of aromatic amines is 1. The predicted octanol–water partition coefficient (Wildman–Crippen LogP) is 4.54.